The third kappa shape index (κ3) is 3.43. The van der Waals surface area contributed by atoms with Crippen LogP contribution in [-0.4, -0.2) is 13.3 Å². The van der Waals surface area contributed by atoms with Gasteiger partial charge in [0.05, 0.1) is 13.2 Å². The zero-order valence-corrected chi connectivity index (χ0v) is 11.9. The van der Waals surface area contributed by atoms with Crippen molar-refractivity contribution in [1.29, 1.82) is 0 Å². The molecule has 0 spiro atoms. The van der Waals surface area contributed by atoms with E-state index < -0.39 is 0 Å². The van der Waals surface area contributed by atoms with Gasteiger partial charge in [-0.3, -0.25) is 0 Å². The fraction of sp³-hybridized carbons (Fsp3) is 0.375. The lowest BCUT2D eigenvalue weighted by Crippen LogP contribution is -2.19. The van der Waals surface area contributed by atoms with Crippen molar-refractivity contribution in [2.24, 2.45) is 0 Å². The summed E-state index contributed by atoms with van der Waals surface area (Å²) in [6, 6.07) is 6.89. The Hall–Kier alpha value is -1.85. The van der Waals surface area contributed by atoms with Crippen LogP contribution in [0.3, 0.4) is 0 Å². The van der Waals surface area contributed by atoms with Crippen LogP contribution in [0.15, 0.2) is 28.7 Å². The molecule has 0 atom stereocenters. The molecule has 1 aliphatic rings. The van der Waals surface area contributed by atoms with Crippen LogP contribution in [-0.2, 0) is 24.3 Å². The SMILES string of the molecule is Cc1ccc(CNCCc2cc(F)cc3c2OCOC3)o1. The minimum absolute atomic E-state index is 0.227. The highest BCUT2D eigenvalue weighted by Gasteiger charge is 2.16. The van der Waals surface area contributed by atoms with Crippen LogP contribution in [0.1, 0.15) is 22.6 Å². The zero-order valence-electron chi connectivity index (χ0n) is 11.9. The molecule has 21 heavy (non-hydrogen) atoms. The van der Waals surface area contributed by atoms with Crippen LogP contribution in [0.25, 0.3) is 0 Å². The van der Waals surface area contributed by atoms with E-state index in [9.17, 15) is 4.39 Å². The van der Waals surface area contributed by atoms with Crippen LogP contribution in [0.5, 0.6) is 5.75 Å². The molecule has 0 aliphatic carbocycles. The first kappa shape index (κ1) is 14.1. The molecule has 0 bridgehead atoms. The average Bonchev–Trinajstić information content (AvgIpc) is 2.89. The van der Waals surface area contributed by atoms with E-state index in [0.717, 1.165) is 34.9 Å². The Labute approximate surface area is 122 Å². The largest absolute Gasteiger partial charge is 0.467 e. The van der Waals surface area contributed by atoms with E-state index in [4.69, 9.17) is 13.9 Å². The Balaban J connectivity index is 1.59. The predicted octanol–water partition coefficient (Wildman–Crippen LogP) is 2.93. The first-order valence-electron chi connectivity index (χ1n) is 7.00. The topological polar surface area (TPSA) is 43.6 Å². The molecule has 2 heterocycles. The minimum Gasteiger partial charge on any atom is -0.467 e. The van der Waals surface area contributed by atoms with Gasteiger partial charge in [0.25, 0.3) is 0 Å². The molecule has 0 fully saturated rings. The third-order valence-corrected chi connectivity index (χ3v) is 3.42. The lowest BCUT2D eigenvalue weighted by Gasteiger charge is -2.20. The number of furan rings is 1. The van der Waals surface area contributed by atoms with Crippen LogP contribution in [0.2, 0.25) is 0 Å². The van der Waals surface area contributed by atoms with E-state index in [1.165, 1.54) is 12.1 Å². The van der Waals surface area contributed by atoms with Gasteiger partial charge in [-0.1, -0.05) is 0 Å². The van der Waals surface area contributed by atoms with E-state index in [2.05, 4.69) is 5.32 Å². The number of nitrogens with one attached hydrogen (secondary N) is 1. The van der Waals surface area contributed by atoms with Gasteiger partial charge in [0.2, 0.25) is 0 Å². The Kier molecular flexibility index (Phi) is 4.22. The number of halogens is 1. The Morgan fingerprint density at radius 1 is 1.29 bits per heavy atom. The monoisotopic (exact) mass is 291 g/mol. The first-order valence-corrected chi connectivity index (χ1v) is 7.00. The van der Waals surface area contributed by atoms with Crippen molar-refractivity contribution in [2.75, 3.05) is 13.3 Å². The molecule has 4 nitrogen and oxygen atoms in total. The second kappa shape index (κ2) is 6.28. The van der Waals surface area contributed by atoms with Gasteiger partial charge in [-0.05, 0) is 49.7 Å². The summed E-state index contributed by atoms with van der Waals surface area (Å²) in [6.07, 6.45) is 0.694. The van der Waals surface area contributed by atoms with E-state index in [1.54, 1.807) is 0 Å². The second-order valence-electron chi connectivity index (χ2n) is 5.10. The van der Waals surface area contributed by atoms with Gasteiger partial charge in [-0.25, -0.2) is 4.39 Å². The average molecular weight is 291 g/mol. The predicted molar refractivity (Wildman–Crippen MR) is 75.5 cm³/mol. The summed E-state index contributed by atoms with van der Waals surface area (Å²) in [5.41, 5.74) is 1.65. The normalized spacial score (nSPS) is 13.8. The maximum Gasteiger partial charge on any atom is 0.189 e. The molecule has 0 unspecified atom stereocenters. The van der Waals surface area contributed by atoms with Crippen LogP contribution >= 0.6 is 0 Å². The maximum absolute atomic E-state index is 13.6. The quantitative estimate of drug-likeness (QED) is 0.860. The maximum atomic E-state index is 13.6. The highest BCUT2D eigenvalue weighted by molar-refractivity contribution is 5.42. The van der Waals surface area contributed by atoms with Crippen LogP contribution < -0.4 is 10.1 Å². The number of fused-ring (bicyclic) bond motifs is 1. The van der Waals surface area contributed by atoms with Crippen molar-refractivity contribution >= 4 is 0 Å². The van der Waals surface area contributed by atoms with Crippen molar-refractivity contribution in [3.05, 3.63) is 52.7 Å². The molecular formula is C16H18FNO3. The number of hydrogen-bond donors (Lipinski definition) is 1. The lowest BCUT2D eigenvalue weighted by atomic mass is 10.1. The lowest BCUT2D eigenvalue weighted by molar-refractivity contribution is -0.0172. The van der Waals surface area contributed by atoms with E-state index in [-0.39, 0.29) is 12.6 Å². The minimum atomic E-state index is -0.250. The molecule has 5 heteroatoms. The van der Waals surface area contributed by atoms with Crippen molar-refractivity contribution < 1.29 is 18.3 Å². The Bertz CT molecular complexity index is 624. The van der Waals surface area contributed by atoms with Crippen LogP contribution in [0, 0.1) is 12.7 Å². The summed E-state index contributed by atoms with van der Waals surface area (Å²) in [5.74, 6) is 2.32. The molecule has 0 saturated heterocycles. The number of ether oxygens (including phenoxy) is 2. The van der Waals surface area contributed by atoms with E-state index in [1.807, 2.05) is 19.1 Å². The summed E-state index contributed by atoms with van der Waals surface area (Å²) in [5, 5.41) is 3.29. The molecule has 1 aliphatic heterocycles. The van der Waals surface area contributed by atoms with Gasteiger partial charge >= 0.3 is 0 Å². The molecule has 2 aromatic rings. The second-order valence-corrected chi connectivity index (χ2v) is 5.10. The fourth-order valence-electron chi connectivity index (χ4n) is 2.46. The Morgan fingerprint density at radius 3 is 3.00 bits per heavy atom. The summed E-state index contributed by atoms with van der Waals surface area (Å²) >= 11 is 0. The van der Waals surface area contributed by atoms with Crippen molar-refractivity contribution in [3.8, 4) is 5.75 Å². The van der Waals surface area contributed by atoms with Crippen LogP contribution in [0.4, 0.5) is 4.39 Å². The van der Waals surface area contributed by atoms with Crippen molar-refractivity contribution in [2.45, 2.75) is 26.5 Å². The molecule has 3 rings (SSSR count). The molecule has 112 valence electrons. The zero-order chi connectivity index (χ0) is 14.7. The third-order valence-electron chi connectivity index (χ3n) is 3.42. The Morgan fingerprint density at radius 2 is 2.19 bits per heavy atom. The molecule has 0 amide bonds. The van der Waals surface area contributed by atoms with Gasteiger partial charge in [-0.2, -0.15) is 0 Å². The van der Waals surface area contributed by atoms with Crippen molar-refractivity contribution in [1.82, 2.24) is 5.32 Å². The van der Waals surface area contributed by atoms with Gasteiger partial charge in [-0.15, -0.1) is 0 Å². The molecule has 0 saturated carbocycles. The smallest absolute Gasteiger partial charge is 0.189 e. The van der Waals surface area contributed by atoms with Gasteiger partial charge in [0, 0.05) is 5.56 Å². The molecular weight excluding hydrogens is 273 g/mol. The summed E-state index contributed by atoms with van der Waals surface area (Å²) in [7, 11) is 0. The standard InChI is InChI=1S/C16H18FNO3/c1-11-2-3-15(21-11)8-18-5-4-12-6-14(17)7-13-9-19-10-20-16(12)13/h2-3,6-7,18H,4-5,8-10H2,1H3. The van der Waals surface area contributed by atoms with Gasteiger partial charge in [0.15, 0.2) is 6.79 Å². The molecule has 1 N–H and O–H groups in total. The molecule has 0 radical (unpaired) electrons. The fourth-order valence-corrected chi connectivity index (χ4v) is 2.46. The van der Waals surface area contributed by atoms with Crippen molar-refractivity contribution in [3.63, 3.8) is 0 Å². The number of hydrogen-bond acceptors (Lipinski definition) is 4. The van der Waals surface area contributed by atoms with E-state index in [0.29, 0.717) is 19.6 Å². The number of rotatable bonds is 5. The first-order chi connectivity index (χ1) is 10.2. The number of aryl methyl sites for hydroxylation is 1. The highest BCUT2D eigenvalue weighted by atomic mass is 19.1. The molecule has 1 aromatic heterocycles. The summed E-state index contributed by atoms with van der Waals surface area (Å²) in [6.45, 7) is 3.93. The van der Waals surface area contributed by atoms with E-state index >= 15 is 0 Å². The van der Waals surface area contributed by atoms with Gasteiger partial charge < -0.3 is 19.2 Å². The molecule has 1 aromatic carbocycles. The van der Waals surface area contributed by atoms with Gasteiger partial charge in [0.1, 0.15) is 23.1 Å². The summed E-state index contributed by atoms with van der Waals surface area (Å²) in [4.78, 5) is 0. The summed E-state index contributed by atoms with van der Waals surface area (Å²) < 4.78 is 29.7. The highest BCUT2D eigenvalue weighted by Crippen LogP contribution is 2.29. The number of benzene rings is 1.